The van der Waals surface area contributed by atoms with Crippen LogP contribution in [0.1, 0.15) is 59.6 Å². The van der Waals surface area contributed by atoms with E-state index in [9.17, 15) is 9.59 Å². The van der Waals surface area contributed by atoms with E-state index in [4.69, 9.17) is 0 Å². The van der Waals surface area contributed by atoms with E-state index in [1.807, 2.05) is 84.0 Å². The molecule has 1 atom stereocenters. The SMILES string of the molecule is Cc1ccc(C(C(=O)NC(C)(C)C)N(C(=O)c2csnn2)c2cccc(C)c2C)cc1. The Hall–Kier alpha value is -3.06. The molecule has 3 rings (SSSR count). The first-order chi connectivity index (χ1) is 14.6. The molecule has 0 aliphatic rings. The maximum absolute atomic E-state index is 13.7. The van der Waals surface area contributed by atoms with E-state index in [1.54, 1.807) is 10.3 Å². The van der Waals surface area contributed by atoms with Gasteiger partial charge in [-0.25, -0.2) is 0 Å². The molecule has 6 nitrogen and oxygen atoms in total. The Kier molecular flexibility index (Phi) is 6.55. The smallest absolute Gasteiger partial charge is 0.280 e. The Balaban J connectivity index is 2.23. The van der Waals surface area contributed by atoms with Gasteiger partial charge in [-0.2, -0.15) is 0 Å². The van der Waals surface area contributed by atoms with E-state index in [2.05, 4.69) is 14.9 Å². The number of carbonyl (C=O) groups is 2. The van der Waals surface area contributed by atoms with Crippen molar-refractivity contribution in [2.24, 2.45) is 0 Å². The van der Waals surface area contributed by atoms with Crippen molar-refractivity contribution in [3.05, 3.63) is 75.8 Å². The summed E-state index contributed by atoms with van der Waals surface area (Å²) in [5, 5.41) is 8.64. The molecular weight excluding hydrogens is 408 g/mol. The number of carbonyl (C=O) groups excluding carboxylic acids is 2. The van der Waals surface area contributed by atoms with Crippen LogP contribution in [-0.4, -0.2) is 26.9 Å². The van der Waals surface area contributed by atoms with E-state index in [0.717, 1.165) is 33.8 Å². The molecule has 0 spiro atoms. The molecule has 1 unspecified atom stereocenters. The van der Waals surface area contributed by atoms with Gasteiger partial charge in [-0.05, 0) is 75.8 Å². The molecule has 3 aromatic rings. The third-order valence-corrected chi connectivity index (χ3v) is 5.54. The van der Waals surface area contributed by atoms with Gasteiger partial charge >= 0.3 is 0 Å². The van der Waals surface area contributed by atoms with Crippen molar-refractivity contribution in [3.63, 3.8) is 0 Å². The number of hydrogen-bond donors (Lipinski definition) is 1. The van der Waals surface area contributed by atoms with Gasteiger partial charge in [-0.1, -0.05) is 46.4 Å². The van der Waals surface area contributed by atoms with Crippen LogP contribution in [0, 0.1) is 20.8 Å². The van der Waals surface area contributed by atoms with Gasteiger partial charge in [0.05, 0.1) is 0 Å². The zero-order valence-corrected chi connectivity index (χ0v) is 19.6. The first-order valence-corrected chi connectivity index (χ1v) is 11.0. The summed E-state index contributed by atoms with van der Waals surface area (Å²) in [6.45, 7) is 11.7. The van der Waals surface area contributed by atoms with E-state index in [-0.39, 0.29) is 17.5 Å². The highest BCUT2D eigenvalue weighted by atomic mass is 32.1. The molecule has 0 saturated carbocycles. The van der Waals surface area contributed by atoms with Crippen molar-refractivity contribution in [3.8, 4) is 0 Å². The van der Waals surface area contributed by atoms with Gasteiger partial charge in [-0.3, -0.25) is 14.5 Å². The van der Waals surface area contributed by atoms with Gasteiger partial charge in [-0.15, -0.1) is 5.10 Å². The minimum absolute atomic E-state index is 0.214. The fraction of sp³-hybridized carbons (Fsp3) is 0.333. The van der Waals surface area contributed by atoms with Crippen LogP contribution in [-0.2, 0) is 4.79 Å². The molecule has 1 heterocycles. The molecule has 0 radical (unpaired) electrons. The quantitative estimate of drug-likeness (QED) is 0.625. The number of benzene rings is 2. The van der Waals surface area contributed by atoms with Crippen LogP contribution in [0.15, 0.2) is 47.8 Å². The van der Waals surface area contributed by atoms with Gasteiger partial charge in [0.1, 0.15) is 6.04 Å². The summed E-state index contributed by atoms with van der Waals surface area (Å²) in [5.74, 6) is -0.620. The normalized spacial score (nSPS) is 12.3. The lowest BCUT2D eigenvalue weighted by Gasteiger charge is -2.34. The second-order valence-corrected chi connectivity index (χ2v) is 9.35. The summed E-state index contributed by atoms with van der Waals surface area (Å²) in [7, 11) is 0. The number of hydrogen-bond acceptors (Lipinski definition) is 5. The van der Waals surface area contributed by atoms with Gasteiger partial charge in [0.25, 0.3) is 5.91 Å². The first kappa shape index (κ1) is 22.6. The second-order valence-electron chi connectivity index (χ2n) is 8.74. The number of amides is 2. The average molecular weight is 437 g/mol. The number of nitrogens with one attached hydrogen (secondary N) is 1. The van der Waals surface area contributed by atoms with Gasteiger partial charge in [0.15, 0.2) is 5.69 Å². The van der Waals surface area contributed by atoms with Gasteiger partial charge in [0, 0.05) is 16.6 Å². The van der Waals surface area contributed by atoms with E-state index in [1.165, 1.54) is 0 Å². The lowest BCUT2D eigenvalue weighted by molar-refractivity contribution is -0.123. The Labute approximate surface area is 187 Å². The molecule has 0 aliphatic carbocycles. The Bertz CT molecular complexity index is 1070. The highest BCUT2D eigenvalue weighted by molar-refractivity contribution is 7.03. The third kappa shape index (κ3) is 5.17. The molecule has 1 aromatic heterocycles. The highest BCUT2D eigenvalue weighted by Crippen LogP contribution is 2.33. The predicted molar refractivity (Wildman–Crippen MR) is 124 cm³/mol. The maximum atomic E-state index is 13.7. The predicted octanol–water partition coefficient (Wildman–Crippen LogP) is 4.77. The third-order valence-electron chi connectivity index (χ3n) is 5.03. The lowest BCUT2D eigenvalue weighted by Crippen LogP contribution is -2.49. The fourth-order valence-corrected chi connectivity index (χ4v) is 3.78. The molecule has 0 saturated heterocycles. The minimum Gasteiger partial charge on any atom is -0.349 e. The summed E-state index contributed by atoms with van der Waals surface area (Å²) < 4.78 is 3.85. The average Bonchev–Trinajstić information content (AvgIpc) is 3.22. The van der Waals surface area contributed by atoms with Crippen molar-refractivity contribution >= 4 is 29.0 Å². The lowest BCUT2D eigenvalue weighted by atomic mass is 9.98. The molecule has 162 valence electrons. The molecule has 7 heteroatoms. The van der Waals surface area contributed by atoms with Crippen LogP contribution in [0.4, 0.5) is 5.69 Å². The number of aryl methyl sites for hydroxylation is 2. The molecule has 2 amide bonds. The summed E-state index contributed by atoms with van der Waals surface area (Å²) in [4.78, 5) is 28.8. The first-order valence-electron chi connectivity index (χ1n) is 10.1. The van der Waals surface area contributed by atoms with Crippen LogP contribution in [0.25, 0.3) is 0 Å². The topological polar surface area (TPSA) is 75.2 Å². The van der Waals surface area contributed by atoms with Crippen LogP contribution in [0.5, 0.6) is 0 Å². The Morgan fingerprint density at radius 3 is 2.29 bits per heavy atom. The van der Waals surface area contributed by atoms with Crippen LogP contribution in [0.3, 0.4) is 0 Å². The van der Waals surface area contributed by atoms with Crippen molar-refractivity contribution in [2.75, 3.05) is 4.90 Å². The monoisotopic (exact) mass is 436 g/mol. The second kappa shape index (κ2) is 8.98. The van der Waals surface area contributed by atoms with Gasteiger partial charge < -0.3 is 5.32 Å². The number of nitrogens with zero attached hydrogens (tertiary/aromatic N) is 3. The fourth-order valence-electron chi connectivity index (χ4n) is 3.35. The van der Waals surface area contributed by atoms with Gasteiger partial charge in [0.2, 0.25) is 5.91 Å². The molecule has 2 aromatic carbocycles. The molecule has 1 N–H and O–H groups in total. The maximum Gasteiger partial charge on any atom is 0.280 e. The summed E-state index contributed by atoms with van der Waals surface area (Å²) >= 11 is 1.11. The largest absolute Gasteiger partial charge is 0.349 e. The molecule has 31 heavy (non-hydrogen) atoms. The summed E-state index contributed by atoms with van der Waals surface area (Å²) in [6, 6.07) is 12.6. The zero-order valence-electron chi connectivity index (χ0n) is 18.8. The Morgan fingerprint density at radius 1 is 1.03 bits per heavy atom. The van der Waals surface area contributed by atoms with E-state index >= 15 is 0 Å². The van der Waals surface area contributed by atoms with Crippen LogP contribution < -0.4 is 10.2 Å². The molecule has 0 bridgehead atoms. The number of rotatable bonds is 5. The van der Waals surface area contributed by atoms with Crippen LogP contribution in [0.2, 0.25) is 0 Å². The molecular formula is C24H28N4O2S. The van der Waals surface area contributed by atoms with E-state index < -0.39 is 11.6 Å². The minimum atomic E-state index is -0.866. The van der Waals surface area contributed by atoms with Crippen molar-refractivity contribution < 1.29 is 9.59 Å². The van der Waals surface area contributed by atoms with Crippen LogP contribution >= 0.6 is 11.5 Å². The van der Waals surface area contributed by atoms with Crippen molar-refractivity contribution in [2.45, 2.75) is 53.1 Å². The highest BCUT2D eigenvalue weighted by Gasteiger charge is 2.36. The summed E-state index contributed by atoms with van der Waals surface area (Å²) in [6.07, 6.45) is 0. The number of aromatic nitrogens is 2. The zero-order chi connectivity index (χ0) is 22.8. The van der Waals surface area contributed by atoms with E-state index in [0.29, 0.717) is 5.69 Å². The molecule has 0 aliphatic heterocycles. The Morgan fingerprint density at radius 2 is 1.71 bits per heavy atom. The van der Waals surface area contributed by atoms with Crippen molar-refractivity contribution in [1.82, 2.24) is 14.9 Å². The summed E-state index contributed by atoms with van der Waals surface area (Å²) in [5.41, 5.74) is 4.19. The standard InChI is InChI=1S/C24H28N4O2S/c1-15-10-12-18(13-11-15)21(22(29)25-24(4,5)6)28(23(30)19-14-31-27-26-19)20-9-7-8-16(2)17(20)3/h7-14,21H,1-6H3,(H,25,29). The van der Waals surface area contributed by atoms with Crippen molar-refractivity contribution in [1.29, 1.82) is 0 Å². The number of anilines is 1. The molecule has 0 fully saturated rings.